The molecule has 4 heterocycles. The van der Waals surface area contributed by atoms with Gasteiger partial charge in [0, 0.05) is 95.1 Å². The third-order valence-electron chi connectivity index (χ3n) is 15.1. The van der Waals surface area contributed by atoms with E-state index >= 15 is 0 Å². The number of carbonyl (C=O) groups is 3. The van der Waals surface area contributed by atoms with Crippen LogP contribution >= 0.6 is 0 Å². The van der Waals surface area contributed by atoms with Crippen LogP contribution in [0.5, 0.6) is 0 Å². The zero-order valence-corrected chi connectivity index (χ0v) is 46.6. The Morgan fingerprint density at radius 2 is 1.61 bits per heavy atom. The van der Waals surface area contributed by atoms with Gasteiger partial charge in [0.05, 0.1) is 29.2 Å². The van der Waals surface area contributed by atoms with Gasteiger partial charge < -0.3 is 35.3 Å². The summed E-state index contributed by atoms with van der Waals surface area (Å²) < 4.78 is 5.40. The standard InChI is InChI=1S/C34H42N4O2.C25H39N5O2.C2H6/c1-22(24(3)38-17-14-28(15-18-38)27-9-7-26(8-10-27)25(4)39)19-31-23(2)35-16-13-30(31)29-11-12-32-33(20-29)37(5)34(36-32)21-40-6;1-4-7-20(8-5-2)19-29-12-14-30(15-13-29)24-11-10-22(17-21(24)18-26)28-23(9-6-16-31)25(32)27-3;1-2/h7-13,16,19-20,24,28,34,36H,14-15,17-18,21H2,1-6H3;10-11,16-17,20,23,28H,4-9,12-15,19H2,1-3H3,(H,27,32);1-2H3/b22-19+;;. The van der Waals surface area contributed by atoms with Gasteiger partial charge in [-0.15, -0.1) is 0 Å². The van der Waals surface area contributed by atoms with E-state index in [1.807, 2.05) is 44.3 Å². The maximum atomic E-state index is 12.1. The van der Waals surface area contributed by atoms with E-state index < -0.39 is 6.04 Å². The molecule has 13 heteroatoms. The zero-order valence-electron chi connectivity index (χ0n) is 46.6. The highest BCUT2D eigenvalue weighted by atomic mass is 16.5. The van der Waals surface area contributed by atoms with Crippen LogP contribution in [0.1, 0.15) is 138 Å². The molecule has 0 radical (unpaired) electrons. The van der Waals surface area contributed by atoms with Crippen LogP contribution in [0.4, 0.5) is 22.7 Å². The monoisotopic (exact) mass is 1010 g/mol. The van der Waals surface area contributed by atoms with Crippen LogP contribution in [-0.2, 0) is 14.3 Å². The highest BCUT2D eigenvalue weighted by Gasteiger charge is 2.28. The molecule has 3 unspecified atom stereocenters. The maximum absolute atomic E-state index is 12.1. The number of nitriles is 1. The van der Waals surface area contributed by atoms with Gasteiger partial charge in [0.15, 0.2) is 5.78 Å². The first-order valence-electron chi connectivity index (χ1n) is 27.4. The van der Waals surface area contributed by atoms with Crippen molar-refractivity contribution in [2.24, 2.45) is 5.92 Å². The van der Waals surface area contributed by atoms with E-state index in [9.17, 15) is 19.6 Å². The Morgan fingerprint density at radius 3 is 2.22 bits per heavy atom. The van der Waals surface area contributed by atoms with Gasteiger partial charge in [0.2, 0.25) is 5.91 Å². The number of carbonyl (C=O) groups excluding carboxylic acids is 3. The second kappa shape index (κ2) is 29.7. The van der Waals surface area contributed by atoms with Gasteiger partial charge in [-0.05, 0) is 138 Å². The van der Waals surface area contributed by atoms with E-state index in [0.717, 1.165) is 86.9 Å². The third kappa shape index (κ3) is 15.7. The number of amides is 1. The number of Topliss-reactive ketones (excluding diaryl/α,β-unsaturated/α-hetero) is 1. The molecule has 13 nitrogen and oxygen atoms in total. The number of anilines is 4. The molecular formula is C61H87N9O4. The van der Waals surface area contributed by atoms with Gasteiger partial charge >= 0.3 is 0 Å². The number of ether oxygens (including phenoxy) is 1. The number of benzene rings is 3. The topological polar surface area (TPSA) is 146 Å². The van der Waals surface area contributed by atoms with E-state index in [1.165, 1.54) is 65.7 Å². The molecule has 2 saturated heterocycles. The van der Waals surface area contributed by atoms with Gasteiger partial charge in [0.1, 0.15) is 24.6 Å². The molecule has 0 spiro atoms. The van der Waals surface area contributed by atoms with Crippen molar-refractivity contribution >= 4 is 46.8 Å². The first-order chi connectivity index (χ1) is 35.8. The van der Waals surface area contributed by atoms with E-state index in [2.05, 4.69) is 131 Å². The average Bonchev–Trinajstić information content (AvgIpc) is 3.74. The maximum Gasteiger partial charge on any atom is 0.242 e. The molecule has 0 aliphatic carbocycles. The quantitative estimate of drug-likeness (QED) is 0.0539. The van der Waals surface area contributed by atoms with Gasteiger partial charge in [-0.2, -0.15) is 5.26 Å². The summed E-state index contributed by atoms with van der Waals surface area (Å²) >= 11 is 0. The van der Waals surface area contributed by atoms with Crippen molar-refractivity contribution in [3.05, 3.63) is 106 Å². The van der Waals surface area contributed by atoms with Crippen molar-refractivity contribution in [2.75, 3.05) is 94.1 Å². The molecule has 3 aromatic carbocycles. The largest absolute Gasteiger partial charge is 0.381 e. The number of aryl methyl sites for hydroxylation is 1. The summed E-state index contributed by atoms with van der Waals surface area (Å²) in [5, 5.41) is 19.1. The Kier molecular flexibility index (Phi) is 23.6. The first kappa shape index (κ1) is 58.8. The lowest BCUT2D eigenvalue weighted by molar-refractivity contribution is -0.121. The summed E-state index contributed by atoms with van der Waals surface area (Å²) in [6.45, 7) is 24.6. The Balaban J connectivity index is 0.000000272. The highest BCUT2D eigenvalue weighted by molar-refractivity contribution is 5.94. The van der Waals surface area contributed by atoms with Gasteiger partial charge in [0.25, 0.3) is 0 Å². The van der Waals surface area contributed by atoms with Crippen molar-refractivity contribution < 1.29 is 19.1 Å². The number of nitrogens with one attached hydrogen (secondary N) is 3. The van der Waals surface area contributed by atoms with Crippen molar-refractivity contribution in [3.63, 3.8) is 0 Å². The summed E-state index contributed by atoms with van der Waals surface area (Å²) in [5.74, 6) is 1.29. The molecule has 3 aliphatic heterocycles. The third-order valence-corrected chi connectivity index (χ3v) is 15.1. The number of aromatic nitrogens is 1. The van der Waals surface area contributed by atoms with Gasteiger partial charge in [-0.25, -0.2) is 0 Å². The number of nitrogens with zero attached hydrogens (tertiary/aromatic N) is 6. The molecule has 3 N–H and O–H groups in total. The van der Waals surface area contributed by atoms with Crippen LogP contribution in [0, 0.1) is 24.2 Å². The lowest BCUT2D eigenvalue weighted by Crippen LogP contribution is -2.48. The summed E-state index contributed by atoms with van der Waals surface area (Å²) in [6.07, 6.45) is 13.3. The number of ketones is 1. The van der Waals surface area contributed by atoms with Crippen LogP contribution in [0.15, 0.2) is 78.5 Å². The fraction of sp³-hybridized carbons (Fsp3) is 0.525. The summed E-state index contributed by atoms with van der Waals surface area (Å²) in [6, 6.07) is 24.9. The zero-order chi connectivity index (χ0) is 53.7. The number of hydrogen-bond donors (Lipinski definition) is 3. The van der Waals surface area contributed by atoms with Crippen LogP contribution in [0.3, 0.4) is 0 Å². The second-order valence-corrected chi connectivity index (χ2v) is 20.0. The Hall–Kier alpha value is -6.07. The van der Waals surface area contributed by atoms with Crippen molar-refractivity contribution in [1.29, 1.82) is 5.26 Å². The number of hydrogen-bond acceptors (Lipinski definition) is 12. The van der Waals surface area contributed by atoms with Gasteiger partial charge in [-0.3, -0.25) is 24.4 Å². The molecule has 0 saturated carbocycles. The summed E-state index contributed by atoms with van der Waals surface area (Å²) in [5.41, 5.74) is 12.7. The molecular weight excluding hydrogens is 923 g/mol. The lowest BCUT2D eigenvalue weighted by Gasteiger charge is -2.38. The molecule has 74 heavy (non-hydrogen) atoms. The molecule has 4 aromatic rings. The molecule has 2 fully saturated rings. The number of likely N-dealkylation sites (N-methyl/N-ethyl adjacent to an activating group) is 2. The van der Waals surface area contributed by atoms with Gasteiger partial charge in [-0.1, -0.05) is 82.5 Å². The minimum atomic E-state index is -0.509. The van der Waals surface area contributed by atoms with Crippen molar-refractivity contribution in [3.8, 4) is 17.2 Å². The SMILES string of the molecule is CC.CCCC(CCC)CN1CCN(c2ccc(NC(CCC=O)C(=O)NC)cc2C#N)CC1.COCC1Nc2ccc(-c3ccnc(C)c3/C=C(\C)C(C)N3CCC(c4ccc(C(C)=O)cc4)CC3)cc2N1C. The molecule has 3 atom stereocenters. The molecule has 0 bridgehead atoms. The molecule has 7 rings (SSSR count). The lowest BCUT2D eigenvalue weighted by atomic mass is 9.87. The molecule has 400 valence electrons. The number of aldehydes is 1. The van der Waals surface area contributed by atoms with Crippen molar-refractivity contribution in [1.82, 2.24) is 20.1 Å². The number of fused-ring (bicyclic) bond motifs is 1. The van der Waals surface area contributed by atoms with Crippen molar-refractivity contribution in [2.45, 2.75) is 131 Å². The van der Waals surface area contributed by atoms with E-state index in [0.29, 0.717) is 42.7 Å². The number of piperazine rings is 1. The summed E-state index contributed by atoms with van der Waals surface area (Å²) in [7, 11) is 5.43. The van der Waals surface area contributed by atoms with Crippen LogP contribution < -0.4 is 25.8 Å². The summed E-state index contributed by atoms with van der Waals surface area (Å²) in [4.78, 5) is 48.8. The first-order valence-corrected chi connectivity index (χ1v) is 27.4. The minimum Gasteiger partial charge on any atom is -0.381 e. The Labute approximate surface area is 444 Å². The highest BCUT2D eigenvalue weighted by Crippen LogP contribution is 2.39. The van der Waals surface area contributed by atoms with E-state index in [-0.39, 0.29) is 17.9 Å². The number of piperidine rings is 1. The van der Waals surface area contributed by atoms with Crippen LogP contribution in [-0.4, -0.2) is 125 Å². The number of pyridine rings is 1. The van der Waals surface area contributed by atoms with Crippen LogP contribution in [0.25, 0.3) is 17.2 Å². The molecule has 3 aliphatic rings. The van der Waals surface area contributed by atoms with E-state index in [1.54, 1.807) is 27.1 Å². The predicted octanol–water partition coefficient (Wildman–Crippen LogP) is 11.2. The minimum absolute atomic E-state index is 0.126. The fourth-order valence-electron chi connectivity index (χ4n) is 10.7. The second-order valence-electron chi connectivity index (χ2n) is 20.0. The van der Waals surface area contributed by atoms with Crippen LogP contribution in [0.2, 0.25) is 0 Å². The Bertz CT molecular complexity index is 2480. The normalized spacial score (nSPS) is 16.9. The molecule has 1 amide bonds. The Morgan fingerprint density at radius 1 is 0.919 bits per heavy atom. The molecule has 1 aromatic heterocycles. The average molecular weight is 1010 g/mol. The number of rotatable bonds is 21. The smallest absolute Gasteiger partial charge is 0.242 e. The van der Waals surface area contributed by atoms with E-state index in [4.69, 9.17) is 4.74 Å². The number of likely N-dealkylation sites (tertiary alicyclic amines) is 1. The number of methoxy groups -OCH3 is 1. The fourth-order valence-corrected chi connectivity index (χ4v) is 10.7. The predicted molar refractivity (Wildman–Crippen MR) is 306 cm³/mol.